The lowest BCUT2D eigenvalue weighted by Crippen LogP contribution is -2.41. The van der Waals surface area contributed by atoms with E-state index < -0.39 is 16.2 Å². The van der Waals surface area contributed by atoms with Crippen LogP contribution in [-0.4, -0.2) is 35.6 Å². The first-order chi connectivity index (χ1) is 6.62. The van der Waals surface area contributed by atoms with Crippen molar-refractivity contribution in [2.75, 3.05) is 6.54 Å². The van der Waals surface area contributed by atoms with Gasteiger partial charge in [0.25, 0.3) is 10.0 Å². The van der Waals surface area contributed by atoms with Crippen LogP contribution in [0.1, 0.15) is 12.8 Å². The monoisotopic (exact) mass is 216 g/mol. The molecule has 1 aromatic rings. The van der Waals surface area contributed by atoms with Crippen LogP contribution in [0.5, 0.6) is 0 Å². The highest BCUT2D eigenvalue weighted by atomic mass is 32.2. The average Bonchev–Trinajstić information content (AvgIpc) is 2.72. The second kappa shape index (κ2) is 3.34. The zero-order chi connectivity index (χ0) is 10.2. The Labute approximate surface area is 82.1 Å². The highest BCUT2D eigenvalue weighted by molar-refractivity contribution is 7.89. The van der Waals surface area contributed by atoms with Gasteiger partial charge in [0.2, 0.25) is 0 Å². The summed E-state index contributed by atoms with van der Waals surface area (Å²) in [6, 6.07) is 1.43. The Balaban J connectivity index is 2.33. The van der Waals surface area contributed by atoms with Crippen LogP contribution in [0.4, 0.5) is 0 Å². The fourth-order valence-corrected chi connectivity index (χ4v) is 3.06. The fraction of sp³-hybridized carbons (Fsp3) is 0.571. The van der Waals surface area contributed by atoms with E-state index in [1.165, 1.54) is 16.6 Å². The van der Waals surface area contributed by atoms with Gasteiger partial charge in [-0.05, 0) is 18.9 Å². The Kier molecular flexibility index (Phi) is 2.30. The van der Waals surface area contributed by atoms with Gasteiger partial charge in [0.1, 0.15) is 0 Å². The van der Waals surface area contributed by atoms with E-state index in [9.17, 15) is 8.42 Å². The molecule has 0 amide bonds. The van der Waals surface area contributed by atoms with Gasteiger partial charge in [0.15, 0.2) is 5.03 Å². The second-order valence-corrected chi connectivity index (χ2v) is 5.11. The fourth-order valence-electron chi connectivity index (χ4n) is 1.58. The summed E-state index contributed by atoms with van der Waals surface area (Å²) in [6.07, 6.45) is 2.54. The number of rotatable bonds is 2. The molecular formula is C7H12N4O2S. The van der Waals surface area contributed by atoms with Crippen LogP contribution in [0.2, 0.25) is 0 Å². The minimum absolute atomic E-state index is 0.106. The van der Waals surface area contributed by atoms with Crippen molar-refractivity contribution < 1.29 is 8.42 Å². The molecule has 1 aromatic heterocycles. The molecule has 0 spiro atoms. The lowest BCUT2D eigenvalue weighted by Gasteiger charge is -2.19. The van der Waals surface area contributed by atoms with E-state index in [-0.39, 0.29) is 5.03 Å². The van der Waals surface area contributed by atoms with Crippen molar-refractivity contribution >= 4 is 10.0 Å². The number of aromatic amines is 1. The van der Waals surface area contributed by atoms with E-state index in [0.717, 1.165) is 6.42 Å². The van der Waals surface area contributed by atoms with Crippen LogP contribution in [0.3, 0.4) is 0 Å². The minimum atomic E-state index is -3.45. The van der Waals surface area contributed by atoms with Crippen molar-refractivity contribution in [2.24, 2.45) is 5.73 Å². The number of aromatic nitrogens is 2. The number of H-pyrrole nitrogens is 1. The highest BCUT2D eigenvalue weighted by Gasteiger charge is 2.33. The summed E-state index contributed by atoms with van der Waals surface area (Å²) >= 11 is 0. The molecule has 2 rings (SSSR count). The third-order valence-electron chi connectivity index (χ3n) is 2.31. The number of nitrogens with one attached hydrogen (secondary N) is 1. The van der Waals surface area contributed by atoms with E-state index in [1.807, 2.05) is 0 Å². The van der Waals surface area contributed by atoms with Crippen LogP contribution in [0, 0.1) is 0 Å². The topological polar surface area (TPSA) is 92.1 Å². The van der Waals surface area contributed by atoms with Crippen LogP contribution in [0.15, 0.2) is 17.3 Å². The number of nitrogens with two attached hydrogens (primary N) is 1. The van der Waals surface area contributed by atoms with Crippen molar-refractivity contribution in [1.29, 1.82) is 0 Å². The smallest absolute Gasteiger partial charge is 0.261 e. The molecule has 0 bridgehead atoms. The maximum absolute atomic E-state index is 11.9. The summed E-state index contributed by atoms with van der Waals surface area (Å²) in [5, 5.41) is 6.16. The van der Waals surface area contributed by atoms with Gasteiger partial charge in [-0.3, -0.25) is 5.10 Å². The molecule has 1 aliphatic rings. The molecule has 1 atom stereocenters. The SMILES string of the molecule is NC1CCCN1S(=O)(=O)c1ccn[nH]1. The van der Waals surface area contributed by atoms with Crippen LogP contribution in [0.25, 0.3) is 0 Å². The first kappa shape index (κ1) is 9.63. The molecule has 1 aliphatic heterocycles. The van der Waals surface area contributed by atoms with Gasteiger partial charge in [-0.1, -0.05) is 0 Å². The summed E-state index contributed by atoms with van der Waals surface area (Å²) in [6.45, 7) is 0.489. The van der Waals surface area contributed by atoms with Crippen molar-refractivity contribution in [3.63, 3.8) is 0 Å². The maximum atomic E-state index is 11.9. The molecule has 6 nitrogen and oxygen atoms in total. The Hall–Kier alpha value is -0.920. The van der Waals surface area contributed by atoms with Gasteiger partial charge >= 0.3 is 0 Å². The Morgan fingerprint density at radius 2 is 2.43 bits per heavy atom. The van der Waals surface area contributed by atoms with E-state index in [4.69, 9.17) is 5.73 Å². The maximum Gasteiger partial charge on any atom is 0.261 e. The lowest BCUT2D eigenvalue weighted by atomic mass is 10.3. The van der Waals surface area contributed by atoms with Crippen LogP contribution in [-0.2, 0) is 10.0 Å². The third-order valence-corrected chi connectivity index (χ3v) is 4.16. The Morgan fingerprint density at radius 3 is 2.93 bits per heavy atom. The number of sulfonamides is 1. The quantitative estimate of drug-likeness (QED) is 0.695. The zero-order valence-electron chi connectivity index (χ0n) is 7.55. The van der Waals surface area contributed by atoms with Gasteiger partial charge in [0, 0.05) is 6.54 Å². The van der Waals surface area contributed by atoms with E-state index in [0.29, 0.717) is 13.0 Å². The molecule has 78 valence electrons. The van der Waals surface area contributed by atoms with E-state index >= 15 is 0 Å². The van der Waals surface area contributed by atoms with Crippen molar-refractivity contribution in [3.05, 3.63) is 12.3 Å². The summed E-state index contributed by atoms with van der Waals surface area (Å²) in [7, 11) is -3.45. The van der Waals surface area contributed by atoms with Gasteiger partial charge in [0.05, 0.1) is 12.4 Å². The molecule has 1 fully saturated rings. The normalized spacial score (nSPS) is 24.2. The summed E-state index contributed by atoms with van der Waals surface area (Å²) in [5.74, 6) is 0. The Bertz CT molecular complexity index is 399. The van der Waals surface area contributed by atoms with Gasteiger partial charge in [-0.15, -0.1) is 0 Å². The van der Waals surface area contributed by atoms with Gasteiger partial charge in [-0.2, -0.15) is 9.40 Å². The van der Waals surface area contributed by atoms with Gasteiger partial charge in [-0.25, -0.2) is 8.42 Å². The largest absolute Gasteiger partial charge is 0.315 e. The average molecular weight is 216 g/mol. The van der Waals surface area contributed by atoms with Crippen LogP contribution < -0.4 is 5.73 Å². The van der Waals surface area contributed by atoms with Crippen molar-refractivity contribution in [3.8, 4) is 0 Å². The molecule has 0 aromatic carbocycles. The highest BCUT2D eigenvalue weighted by Crippen LogP contribution is 2.21. The molecule has 7 heteroatoms. The third kappa shape index (κ3) is 1.43. The molecule has 3 N–H and O–H groups in total. The predicted octanol–water partition coefficient (Wildman–Crippen LogP) is -0.521. The molecular weight excluding hydrogens is 204 g/mol. The molecule has 0 saturated carbocycles. The molecule has 14 heavy (non-hydrogen) atoms. The van der Waals surface area contributed by atoms with E-state index in [2.05, 4.69) is 10.2 Å². The first-order valence-electron chi connectivity index (χ1n) is 4.39. The van der Waals surface area contributed by atoms with E-state index in [1.54, 1.807) is 0 Å². The zero-order valence-corrected chi connectivity index (χ0v) is 8.37. The molecule has 0 aliphatic carbocycles. The first-order valence-corrected chi connectivity index (χ1v) is 5.83. The van der Waals surface area contributed by atoms with Gasteiger partial charge < -0.3 is 5.73 Å². The second-order valence-electron chi connectivity index (χ2n) is 3.25. The summed E-state index contributed by atoms with van der Waals surface area (Å²) in [5.41, 5.74) is 5.68. The number of hydrogen-bond acceptors (Lipinski definition) is 4. The molecule has 0 radical (unpaired) electrons. The molecule has 1 unspecified atom stereocenters. The van der Waals surface area contributed by atoms with Crippen molar-refractivity contribution in [2.45, 2.75) is 24.0 Å². The lowest BCUT2D eigenvalue weighted by molar-refractivity contribution is 0.394. The summed E-state index contributed by atoms with van der Waals surface area (Å²) < 4.78 is 25.1. The number of hydrogen-bond donors (Lipinski definition) is 2. The van der Waals surface area contributed by atoms with Crippen LogP contribution >= 0.6 is 0 Å². The predicted molar refractivity (Wildman–Crippen MR) is 49.7 cm³/mol. The number of nitrogens with zero attached hydrogens (tertiary/aromatic N) is 2. The standard InChI is InChI=1S/C7H12N4O2S/c8-6-2-1-5-11(6)14(12,13)7-3-4-9-10-7/h3-4,6H,1-2,5,8H2,(H,9,10). The molecule has 2 heterocycles. The van der Waals surface area contributed by atoms with Crippen molar-refractivity contribution in [1.82, 2.24) is 14.5 Å². The Morgan fingerprint density at radius 1 is 1.64 bits per heavy atom. The summed E-state index contributed by atoms with van der Waals surface area (Å²) in [4.78, 5) is 0. The molecule has 1 saturated heterocycles. The minimum Gasteiger partial charge on any atom is -0.315 e.